The number of nitrogens with zero attached hydrogens (tertiary/aromatic N) is 1. The number of benzene rings is 2. The molecule has 0 saturated carbocycles. The highest BCUT2D eigenvalue weighted by Gasteiger charge is 2.14. The van der Waals surface area contributed by atoms with E-state index in [0.717, 1.165) is 5.75 Å². The van der Waals surface area contributed by atoms with E-state index in [1.54, 1.807) is 19.2 Å². The number of hydrogen-bond donors (Lipinski definition) is 0. The Balaban J connectivity index is 1.97. The molecule has 0 atom stereocenters. The lowest BCUT2D eigenvalue weighted by atomic mass is 10.1. The standard InChI is InChI=1S/C20H21F2NO4/c1-23(13-14-26-16-8-4-3-5-9-16)18(24)12-11-15-7-6-10-17(25-2)19(15)27-20(21)22/h3-12,20H,13-14H2,1-2H3/b12-11+. The van der Waals surface area contributed by atoms with Gasteiger partial charge in [0.25, 0.3) is 0 Å². The molecule has 0 bridgehead atoms. The van der Waals surface area contributed by atoms with Crippen LogP contribution in [0, 0.1) is 0 Å². The third-order valence-electron chi connectivity index (χ3n) is 3.66. The van der Waals surface area contributed by atoms with Crippen molar-refractivity contribution >= 4 is 12.0 Å². The largest absolute Gasteiger partial charge is 0.493 e. The van der Waals surface area contributed by atoms with Crippen LogP contribution in [0.5, 0.6) is 17.2 Å². The summed E-state index contributed by atoms with van der Waals surface area (Å²) in [4.78, 5) is 13.7. The molecule has 0 fully saturated rings. The van der Waals surface area contributed by atoms with Gasteiger partial charge in [-0.1, -0.05) is 30.3 Å². The fourth-order valence-electron chi connectivity index (χ4n) is 2.26. The number of para-hydroxylation sites is 2. The fourth-order valence-corrected chi connectivity index (χ4v) is 2.26. The molecule has 27 heavy (non-hydrogen) atoms. The molecule has 0 aliphatic heterocycles. The predicted molar refractivity (Wildman–Crippen MR) is 98.2 cm³/mol. The van der Waals surface area contributed by atoms with E-state index in [0.29, 0.717) is 18.7 Å². The van der Waals surface area contributed by atoms with Crippen molar-refractivity contribution in [1.29, 1.82) is 0 Å². The summed E-state index contributed by atoms with van der Waals surface area (Å²) in [5, 5.41) is 0. The van der Waals surface area contributed by atoms with Crippen LogP contribution < -0.4 is 14.2 Å². The van der Waals surface area contributed by atoms with Gasteiger partial charge in [0, 0.05) is 18.7 Å². The summed E-state index contributed by atoms with van der Waals surface area (Å²) in [6.07, 6.45) is 2.70. The zero-order valence-corrected chi connectivity index (χ0v) is 15.1. The van der Waals surface area contributed by atoms with Gasteiger partial charge in [0.2, 0.25) is 5.91 Å². The normalized spacial score (nSPS) is 10.9. The third-order valence-corrected chi connectivity index (χ3v) is 3.66. The molecule has 7 heteroatoms. The van der Waals surface area contributed by atoms with Crippen LogP contribution in [0.4, 0.5) is 8.78 Å². The molecule has 0 aliphatic rings. The van der Waals surface area contributed by atoms with Gasteiger partial charge in [-0.25, -0.2) is 0 Å². The minimum Gasteiger partial charge on any atom is -0.493 e. The van der Waals surface area contributed by atoms with E-state index in [-0.39, 0.29) is 17.4 Å². The van der Waals surface area contributed by atoms with Crippen molar-refractivity contribution in [2.45, 2.75) is 6.61 Å². The van der Waals surface area contributed by atoms with Gasteiger partial charge in [-0.2, -0.15) is 8.78 Å². The van der Waals surface area contributed by atoms with Gasteiger partial charge in [-0.3, -0.25) is 4.79 Å². The summed E-state index contributed by atoms with van der Waals surface area (Å²) in [7, 11) is 2.98. The molecule has 0 unspecified atom stereocenters. The number of halogens is 2. The Hall–Kier alpha value is -3.09. The van der Waals surface area contributed by atoms with Gasteiger partial charge < -0.3 is 19.1 Å². The molecule has 0 radical (unpaired) electrons. The molecule has 5 nitrogen and oxygen atoms in total. The quantitative estimate of drug-likeness (QED) is 0.623. The number of rotatable bonds is 9. The maximum Gasteiger partial charge on any atom is 0.387 e. The van der Waals surface area contributed by atoms with Crippen molar-refractivity contribution in [3.63, 3.8) is 0 Å². The van der Waals surface area contributed by atoms with Gasteiger partial charge in [0.05, 0.1) is 13.7 Å². The lowest BCUT2D eigenvalue weighted by Gasteiger charge is -2.16. The second-order valence-electron chi connectivity index (χ2n) is 5.51. The summed E-state index contributed by atoms with van der Waals surface area (Å²) in [5.74, 6) is 0.472. The summed E-state index contributed by atoms with van der Waals surface area (Å²) in [6, 6.07) is 14.0. The van der Waals surface area contributed by atoms with Crippen molar-refractivity contribution in [3.8, 4) is 17.2 Å². The SMILES string of the molecule is COc1cccc(/C=C/C(=O)N(C)CCOc2ccccc2)c1OC(F)F. The maximum atomic E-state index is 12.6. The van der Waals surface area contributed by atoms with Crippen molar-refractivity contribution in [1.82, 2.24) is 4.90 Å². The van der Waals surface area contributed by atoms with E-state index in [1.165, 1.54) is 30.2 Å². The smallest absolute Gasteiger partial charge is 0.387 e. The van der Waals surface area contributed by atoms with Crippen LogP contribution in [0.3, 0.4) is 0 Å². The van der Waals surface area contributed by atoms with Crippen LogP contribution >= 0.6 is 0 Å². The minimum absolute atomic E-state index is 0.117. The highest BCUT2D eigenvalue weighted by molar-refractivity contribution is 5.92. The van der Waals surface area contributed by atoms with Crippen LogP contribution in [0.1, 0.15) is 5.56 Å². The summed E-state index contributed by atoms with van der Waals surface area (Å²) >= 11 is 0. The van der Waals surface area contributed by atoms with Crippen molar-refractivity contribution in [2.75, 3.05) is 27.3 Å². The Kier molecular flexibility index (Phi) is 7.61. The van der Waals surface area contributed by atoms with E-state index >= 15 is 0 Å². The number of carbonyl (C=O) groups excluding carboxylic acids is 1. The first-order valence-electron chi connectivity index (χ1n) is 8.24. The van der Waals surface area contributed by atoms with Crippen LogP contribution in [-0.4, -0.2) is 44.7 Å². The van der Waals surface area contributed by atoms with Gasteiger partial charge in [0.15, 0.2) is 11.5 Å². The van der Waals surface area contributed by atoms with Crippen LogP contribution in [0.15, 0.2) is 54.6 Å². The van der Waals surface area contributed by atoms with E-state index in [1.807, 2.05) is 30.3 Å². The maximum absolute atomic E-state index is 12.6. The highest BCUT2D eigenvalue weighted by Crippen LogP contribution is 2.33. The topological polar surface area (TPSA) is 48.0 Å². The highest BCUT2D eigenvalue weighted by atomic mass is 19.3. The molecule has 0 heterocycles. The molecule has 1 amide bonds. The number of alkyl halides is 2. The molecule has 2 aromatic carbocycles. The molecular formula is C20H21F2NO4. The molecule has 0 aliphatic carbocycles. The molecule has 0 spiro atoms. The fraction of sp³-hybridized carbons (Fsp3) is 0.250. The first-order valence-corrected chi connectivity index (χ1v) is 8.24. The van der Waals surface area contributed by atoms with Crippen LogP contribution in [0.25, 0.3) is 6.08 Å². The summed E-state index contributed by atoms with van der Waals surface area (Å²) in [6.45, 7) is -2.29. The zero-order chi connectivity index (χ0) is 19.6. The molecule has 0 aromatic heterocycles. The number of methoxy groups -OCH3 is 1. The number of carbonyl (C=O) groups is 1. The van der Waals surface area contributed by atoms with Gasteiger partial charge in [0.1, 0.15) is 12.4 Å². The Morgan fingerprint density at radius 1 is 1.15 bits per heavy atom. The van der Waals surface area contributed by atoms with E-state index in [4.69, 9.17) is 9.47 Å². The molecule has 144 valence electrons. The minimum atomic E-state index is -3.00. The lowest BCUT2D eigenvalue weighted by molar-refractivity contribution is -0.125. The number of hydrogen-bond acceptors (Lipinski definition) is 4. The van der Waals surface area contributed by atoms with Crippen molar-refractivity contribution in [3.05, 3.63) is 60.2 Å². The van der Waals surface area contributed by atoms with E-state index in [2.05, 4.69) is 4.74 Å². The molecule has 0 saturated heterocycles. The Morgan fingerprint density at radius 2 is 1.89 bits per heavy atom. The van der Waals surface area contributed by atoms with Gasteiger partial charge in [-0.15, -0.1) is 0 Å². The average Bonchev–Trinajstić information content (AvgIpc) is 2.67. The van der Waals surface area contributed by atoms with E-state index in [9.17, 15) is 13.6 Å². The third kappa shape index (κ3) is 6.29. The second kappa shape index (κ2) is 10.2. The molecule has 0 N–H and O–H groups in total. The summed E-state index contributed by atoms with van der Waals surface area (Å²) < 4.78 is 40.4. The van der Waals surface area contributed by atoms with E-state index < -0.39 is 6.61 Å². The average molecular weight is 377 g/mol. The number of amides is 1. The Morgan fingerprint density at radius 3 is 2.56 bits per heavy atom. The number of ether oxygens (including phenoxy) is 3. The van der Waals surface area contributed by atoms with Crippen molar-refractivity contribution in [2.24, 2.45) is 0 Å². The Labute approximate surface area is 156 Å². The van der Waals surface area contributed by atoms with Gasteiger partial charge in [-0.05, 0) is 24.3 Å². The second-order valence-corrected chi connectivity index (χ2v) is 5.51. The summed E-state index contributed by atoms with van der Waals surface area (Å²) in [5.41, 5.74) is 0.317. The van der Waals surface area contributed by atoms with Gasteiger partial charge >= 0.3 is 6.61 Å². The first-order chi connectivity index (χ1) is 13.0. The predicted octanol–water partition coefficient (Wildman–Crippen LogP) is 3.85. The molecule has 2 rings (SSSR count). The first kappa shape index (κ1) is 20.2. The molecular weight excluding hydrogens is 356 g/mol. The molecule has 2 aromatic rings. The Bertz CT molecular complexity index is 766. The lowest BCUT2D eigenvalue weighted by Crippen LogP contribution is -2.29. The van der Waals surface area contributed by atoms with Crippen LogP contribution in [0.2, 0.25) is 0 Å². The van der Waals surface area contributed by atoms with Crippen LogP contribution in [-0.2, 0) is 4.79 Å². The van der Waals surface area contributed by atoms with Crippen molar-refractivity contribution < 1.29 is 27.8 Å². The number of likely N-dealkylation sites (N-methyl/N-ethyl adjacent to an activating group) is 1. The monoisotopic (exact) mass is 377 g/mol. The zero-order valence-electron chi connectivity index (χ0n) is 15.1.